The molecule has 3 aromatic carbocycles. The van der Waals surface area contributed by atoms with Crippen LogP contribution in [0.25, 0.3) is 0 Å². The van der Waals surface area contributed by atoms with E-state index in [0.717, 1.165) is 5.03 Å². The lowest BCUT2D eigenvalue weighted by molar-refractivity contribution is -0.345. The second-order valence-electron chi connectivity index (χ2n) is 21.9. The molecule has 85 heavy (non-hydrogen) atoms. The van der Waals surface area contributed by atoms with E-state index in [4.69, 9.17) is 42.6 Å². The SMILES string of the molecule is CC(=O)O[C@@]12COC1C[C@H](O)[C@@]1(C)C(=O)[C@H](C)C3=C(C)[C@@H](OC(=O)[C@H](OC(=O)CCC(=O)OCOC(=O)COCCOCCSSc4ccccn4)[C@@H](NC(=O)c4ccccc4)c4ccccc4)C[C@@](O)([C@@H](OC(=O)c4ccccc4)[C@@H]12)C3(C)C. The van der Waals surface area contributed by atoms with Crippen LogP contribution in [-0.4, -0.2) is 150 Å². The van der Waals surface area contributed by atoms with Crippen LogP contribution >= 0.6 is 21.6 Å². The van der Waals surface area contributed by atoms with E-state index in [9.17, 15) is 39.0 Å². The quantitative estimate of drug-likeness (QED) is 0.0156. The van der Waals surface area contributed by atoms with Gasteiger partial charge in [0.1, 0.15) is 47.4 Å². The normalized spacial score (nSPS) is 26.2. The Kier molecular flexibility index (Phi) is 21.1. The first-order valence-corrected chi connectivity index (χ1v) is 30.2. The fourth-order valence-electron chi connectivity index (χ4n) is 12.2. The van der Waals surface area contributed by atoms with Gasteiger partial charge in [-0.1, -0.05) is 104 Å². The molecule has 1 aromatic heterocycles. The third kappa shape index (κ3) is 14.1. The van der Waals surface area contributed by atoms with Crippen LogP contribution in [0.2, 0.25) is 0 Å². The lowest BCUT2D eigenvalue weighted by Gasteiger charge is -2.67. The average molecular weight is 1210 g/mol. The van der Waals surface area contributed by atoms with Crippen LogP contribution in [0.5, 0.6) is 0 Å². The molecule has 2 bridgehead atoms. The summed E-state index contributed by atoms with van der Waals surface area (Å²) in [7, 11) is 3.11. The zero-order valence-corrected chi connectivity index (χ0v) is 49.6. The highest BCUT2D eigenvalue weighted by Crippen LogP contribution is 2.65. The summed E-state index contributed by atoms with van der Waals surface area (Å²) in [4.78, 5) is 116. The molecular weight excluding hydrogens is 1140 g/mol. The van der Waals surface area contributed by atoms with Crippen LogP contribution < -0.4 is 5.32 Å². The molecule has 3 fully saturated rings. The Labute approximate surface area is 499 Å². The molecule has 1 aliphatic heterocycles. The summed E-state index contributed by atoms with van der Waals surface area (Å²) in [6, 6.07) is 28.2. The molecule has 2 saturated carbocycles. The van der Waals surface area contributed by atoms with Gasteiger partial charge in [-0.25, -0.2) is 19.4 Å². The number of Topliss-reactive ketones (excluding diaryl/α,β-unsaturated/α-hetero) is 1. The van der Waals surface area contributed by atoms with Gasteiger partial charge >= 0.3 is 35.8 Å². The van der Waals surface area contributed by atoms with Crippen molar-refractivity contribution in [3.63, 3.8) is 0 Å². The molecule has 0 radical (unpaired) electrons. The highest BCUT2D eigenvalue weighted by Gasteiger charge is 2.77. The molecular formula is C62H70N2O19S2. The summed E-state index contributed by atoms with van der Waals surface area (Å²) < 4.78 is 51.8. The zero-order chi connectivity index (χ0) is 61.1. The van der Waals surface area contributed by atoms with Crippen LogP contribution in [0.4, 0.5) is 0 Å². The molecule has 21 nitrogen and oxygen atoms in total. The first-order chi connectivity index (χ1) is 40.6. The van der Waals surface area contributed by atoms with Gasteiger partial charge < -0.3 is 58.2 Å². The van der Waals surface area contributed by atoms with Gasteiger partial charge in [0.05, 0.1) is 62.3 Å². The van der Waals surface area contributed by atoms with Gasteiger partial charge in [-0.3, -0.25) is 24.0 Å². The number of nitrogens with zero attached hydrogens (tertiary/aromatic N) is 1. The summed E-state index contributed by atoms with van der Waals surface area (Å²) >= 11 is 0. The number of nitrogens with one attached hydrogen (secondary N) is 1. The number of fused-ring (bicyclic) bond motifs is 5. The third-order valence-corrected chi connectivity index (χ3v) is 18.6. The molecule has 0 spiro atoms. The van der Waals surface area contributed by atoms with Gasteiger partial charge in [-0.05, 0) is 77.7 Å². The summed E-state index contributed by atoms with van der Waals surface area (Å²) in [6.07, 6.45) is -8.02. The number of esters is 6. The van der Waals surface area contributed by atoms with Gasteiger partial charge in [0, 0.05) is 48.6 Å². The van der Waals surface area contributed by atoms with E-state index >= 15 is 9.59 Å². The van der Waals surface area contributed by atoms with Gasteiger partial charge in [-0.2, -0.15) is 0 Å². The van der Waals surface area contributed by atoms with Crippen molar-refractivity contribution in [2.24, 2.45) is 22.7 Å². The van der Waals surface area contributed by atoms with E-state index in [0.29, 0.717) is 17.9 Å². The number of pyridine rings is 1. The van der Waals surface area contributed by atoms with Gasteiger partial charge in [0.15, 0.2) is 5.60 Å². The Hall–Kier alpha value is -6.99. The predicted molar refractivity (Wildman–Crippen MR) is 306 cm³/mol. The van der Waals surface area contributed by atoms with Crippen molar-refractivity contribution in [2.75, 3.05) is 45.6 Å². The molecule has 11 atom stereocenters. The van der Waals surface area contributed by atoms with Gasteiger partial charge in [0.2, 0.25) is 12.9 Å². The molecule has 3 N–H and O–H groups in total. The maximum absolute atomic E-state index is 15.6. The lowest BCUT2D eigenvalue weighted by Crippen LogP contribution is -2.81. The number of carbonyl (C=O) groups excluding carboxylic acids is 8. The number of carbonyl (C=O) groups is 8. The van der Waals surface area contributed by atoms with Crippen molar-refractivity contribution in [2.45, 2.75) is 120 Å². The highest BCUT2D eigenvalue weighted by molar-refractivity contribution is 8.76. The van der Waals surface area contributed by atoms with Crippen molar-refractivity contribution < 1.29 is 91.2 Å². The van der Waals surface area contributed by atoms with Crippen molar-refractivity contribution in [1.82, 2.24) is 10.3 Å². The average Bonchev–Trinajstić information content (AvgIpc) is 0.876. The summed E-state index contributed by atoms with van der Waals surface area (Å²) in [6.45, 7) is 8.46. The Morgan fingerprint density at radius 2 is 1.44 bits per heavy atom. The number of hydrogen-bond acceptors (Lipinski definition) is 22. The summed E-state index contributed by atoms with van der Waals surface area (Å²) in [5.74, 6) is -8.98. The van der Waals surface area contributed by atoms with Crippen molar-refractivity contribution in [3.8, 4) is 0 Å². The number of benzene rings is 3. The van der Waals surface area contributed by atoms with E-state index in [1.54, 1.807) is 111 Å². The monoisotopic (exact) mass is 1210 g/mol. The molecule has 1 unspecified atom stereocenters. The Morgan fingerprint density at radius 3 is 2.08 bits per heavy atom. The lowest BCUT2D eigenvalue weighted by atomic mass is 9.43. The highest BCUT2D eigenvalue weighted by atomic mass is 33.1. The number of hydrogen-bond donors (Lipinski definition) is 3. The molecule has 23 heteroatoms. The molecule has 2 heterocycles. The minimum Gasteiger partial charge on any atom is -0.455 e. The first kappa shape index (κ1) is 64.0. The number of aromatic nitrogens is 1. The number of amides is 1. The smallest absolute Gasteiger partial charge is 0.350 e. The Balaban J connectivity index is 1.03. The largest absolute Gasteiger partial charge is 0.455 e. The van der Waals surface area contributed by atoms with Crippen molar-refractivity contribution >= 4 is 69.1 Å². The van der Waals surface area contributed by atoms with E-state index in [2.05, 4.69) is 10.3 Å². The summed E-state index contributed by atoms with van der Waals surface area (Å²) in [5.41, 5.74) is -6.31. The minimum atomic E-state index is -2.34. The van der Waals surface area contributed by atoms with Crippen molar-refractivity contribution in [3.05, 3.63) is 143 Å². The second kappa shape index (κ2) is 28.0. The molecule has 454 valence electrons. The van der Waals surface area contributed by atoms with Crippen LogP contribution in [0.3, 0.4) is 0 Å². The first-order valence-electron chi connectivity index (χ1n) is 27.8. The standard InChI is InChI=1S/C62H70N2O19S2/c1-37-43(33-62(74)55(82-57(72)42-22-14-9-15-23-42)53-60(6,54(70)38(2)50(37)59(62,4)5)44(66)32-45-61(53,35-77-45)83-39(3)65)80-58(73)52(51(40-18-10-7-11-19-40)64-56(71)41-20-12-8-13-21-41)81-48(68)26-25-47(67)78-36-79-49(69)34-76-29-28-75-30-31-84-85-46-24-16-17-27-63-46/h7-24,27,38,43-45,51-53,55,66,74H,25-26,28-36H2,1-6H3,(H,64,71)/t38-,43+,44+,45?,51+,52-,53+,55+,60-,61+,62-/m1/s1. The Bertz CT molecular complexity index is 3080. The maximum Gasteiger partial charge on any atom is 0.350 e. The fourth-order valence-corrected chi connectivity index (χ4v) is 13.9. The fraction of sp³-hybridized carbons (Fsp3) is 0.468. The number of rotatable bonds is 25. The minimum absolute atomic E-state index is 0.0697. The zero-order valence-electron chi connectivity index (χ0n) is 48.0. The number of ether oxygens (including phenoxy) is 9. The summed E-state index contributed by atoms with van der Waals surface area (Å²) in [5, 5.41) is 29.8. The third-order valence-electron chi connectivity index (χ3n) is 16.4. The van der Waals surface area contributed by atoms with Crippen LogP contribution in [0.15, 0.2) is 132 Å². The molecule has 3 aliphatic carbocycles. The molecule has 1 saturated heterocycles. The Morgan fingerprint density at radius 1 is 0.800 bits per heavy atom. The number of ketones is 1. The van der Waals surface area contributed by atoms with E-state index in [1.165, 1.54) is 48.9 Å². The van der Waals surface area contributed by atoms with Crippen molar-refractivity contribution in [1.29, 1.82) is 0 Å². The predicted octanol–water partition coefficient (Wildman–Crippen LogP) is 6.68. The number of aliphatic hydroxyl groups is 2. The van der Waals surface area contributed by atoms with E-state index in [-0.39, 0.29) is 48.5 Å². The van der Waals surface area contributed by atoms with Crippen LogP contribution in [0.1, 0.15) is 99.5 Å². The maximum atomic E-state index is 15.6. The molecule has 1 amide bonds. The second-order valence-corrected chi connectivity index (χ2v) is 24.4. The van der Waals surface area contributed by atoms with Crippen LogP contribution in [-0.2, 0) is 71.4 Å². The molecule has 8 rings (SSSR count). The van der Waals surface area contributed by atoms with E-state index < -0.39 is 151 Å². The molecule has 4 aliphatic rings. The topological polar surface area (TPSA) is 285 Å². The van der Waals surface area contributed by atoms with Gasteiger partial charge in [-0.15, -0.1) is 0 Å². The van der Waals surface area contributed by atoms with E-state index in [1.807, 2.05) is 18.2 Å². The number of aliphatic hydroxyl groups excluding tert-OH is 1. The van der Waals surface area contributed by atoms with Crippen LogP contribution in [0, 0.1) is 22.7 Å². The molecule has 4 aromatic rings. The van der Waals surface area contributed by atoms with Gasteiger partial charge in [0.25, 0.3) is 5.91 Å².